The minimum Gasteiger partial charge on any atom is -0.458 e. The van der Waals surface area contributed by atoms with E-state index >= 15 is 0 Å². The highest BCUT2D eigenvalue weighted by molar-refractivity contribution is 5.98. The van der Waals surface area contributed by atoms with E-state index in [1.165, 1.54) is 24.3 Å². The van der Waals surface area contributed by atoms with Crippen LogP contribution < -0.4 is 5.32 Å². The van der Waals surface area contributed by atoms with E-state index < -0.39 is 23.6 Å². The first-order valence-electron chi connectivity index (χ1n) is 9.32. The first-order valence-corrected chi connectivity index (χ1v) is 9.32. The van der Waals surface area contributed by atoms with E-state index in [0.29, 0.717) is 0 Å². The van der Waals surface area contributed by atoms with Gasteiger partial charge in [0.25, 0.3) is 0 Å². The normalized spacial score (nSPS) is 10.6. The molecule has 0 unspecified atom stereocenters. The molecule has 0 bridgehead atoms. The minimum absolute atomic E-state index is 0.0103. The SMILES string of the molecule is C=CCOC(=O)c1cc(NC(=O)OC(C)(C)C)cc(C(=O)OCc2ccccc2)c1. The van der Waals surface area contributed by atoms with Gasteiger partial charge in [-0.05, 0) is 44.5 Å². The fraction of sp³-hybridized carbons (Fsp3) is 0.261. The van der Waals surface area contributed by atoms with E-state index in [0.717, 1.165) is 5.56 Å². The van der Waals surface area contributed by atoms with Gasteiger partial charge in [0.05, 0.1) is 11.1 Å². The third-order valence-electron chi connectivity index (χ3n) is 3.59. The molecule has 0 radical (unpaired) electrons. The molecular formula is C23H25NO6. The van der Waals surface area contributed by atoms with Crippen LogP contribution in [0.15, 0.2) is 61.2 Å². The van der Waals surface area contributed by atoms with Crippen LogP contribution in [0.2, 0.25) is 0 Å². The van der Waals surface area contributed by atoms with Gasteiger partial charge in [-0.3, -0.25) is 5.32 Å². The van der Waals surface area contributed by atoms with Crippen LogP contribution in [0.4, 0.5) is 10.5 Å². The van der Waals surface area contributed by atoms with Crippen LogP contribution in [0.3, 0.4) is 0 Å². The van der Waals surface area contributed by atoms with Gasteiger partial charge in [0, 0.05) is 5.69 Å². The number of hydrogen-bond acceptors (Lipinski definition) is 6. The maximum absolute atomic E-state index is 12.5. The van der Waals surface area contributed by atoms with Gasteiger partial charge in [0.2, 0.25) is 0 Å². The molecule has 0 aliphatic rings. The molecule has 0 saturated carbocycles. The maximum atomic E-state index is 12.5. The van der Waals surface area contributed by atoms with Crippen molar-refractivity contribution in [3.63, 3.8) is 0 Å². The lowest BCUT2D eigenvalue weighted by molar-refractivity contribution is 0.0471. The molecule has 2 aromatic carbocycles. The topological polar surface area (TPSA) is 90.9 Å². The number of esters is 2. The summed E-state index contributed by atoms with van der Waals surface area (Å²) in [5.41, 5.74) is 0.479. The standard InChI is InChI=1S/C23H25NO6/c1-5-11-28-20(25)17-12-18(21(26)29-15-16-9-7-6-8-10-16)14-19(13-17)24-22(27)30-23(2,3)4/h5-10,12-14H,1,11,15H2,2-4H3,(H,24,27). The highest BCUT2D eigenvalue weighted by Crippen LogP contribution is 2.19. The smallest absolute Gasteiger partial charge is 0.412 e. The molecule has 30 heavy (non-hydrogen) atoms. The molecule has 2 rings (SSSR count). The zero-order valence-electron chi connectivity index (χ0n) is 17.3. The Morgan fingerprint density at radius 2 is 1.57 bits per heavy atom. The Kier molecular flexibility index (Phi) is 7.75. The summed E-state index contributed by atoms with van der Waals surface area (Å²) in [6.07, 6.45) is 0.707. The van der Waals surface area contributed by atoms with Crippen molar-refractivity contribution in [3.8, 4) is 0 Å². The molecule has 0 aliphatic heterocycles. The second-order valence-corrected chi connectivity index (χ2v) is 7.37. The monoisotopic (exact) mass is 411 g/mol. The van der Waals surface area contributed by atoms with Crippen LogP contribution in [-0.2, 0) is 20.8 Å². The highest BCUT2D eigenvalue weighted by atomic mass is 16.6. The van der Waals surface area contributed by atoms with Crippen LogP contribution in [-0.4, -0.2) is 30.2 Å². The molecule has 0 atom stereocenters. The molecule has 0 heterocycles. The lowest BCUT2D eigenvalue weighted by Crippen LogP contribution is -2.27. The lowest BCUT2D eigenvalue weighted by Gasteiger charge is -2.20. The fourth-order valence-electron chi connectivity index (χ4n) is 2.38. The van der Waals surface area contributed by atoms with Crippen molar-refractivity contribution in [2.45, 2.75) is 33.0 Å². The average molecular weight is 411 g/mol. The van der Waals surface area contributed by atoms with Crippen molar-refractivity contribution in [2.75, 3.05) is 11.9 Å². The van der Waals surface area contributed by atoms with Gasteiger partial charge in [0.15, 0.2) is 0 Å². The van der Waals surface area contributed by atoms with Crippen LogP contribution in [0.5, 0.6) is 0 Å². The van der Waals surface area contributed by atoms with Crippen molar-refractivity contribution < 1.29 is 28.6 Å². The van der Waals surface area contributed by atoms with Gasteiger partial charge >= 0.3 is 18.0 Å². The van der Waals surface area contributed by atoms with E-state index in [1.807, 2.05) is 30.3 Å². The molecular weight excluding hydrogens is 386 g/mol. The van der Waals surface area contributed by atoms with Gasteiger partial charge in [-0.2, -0.15) is 0 Å². The van der Waals surface area contributed by atoms with Crippen molar-refractivity contribution >= 4 is 23.7 Å². The number of anilines is 1. The Hall–Kier alpha value is -3.61. The van der Waals surface area contributed by atoms with Gasteiger partial charge in [-0.15, -0.1) is 0 Å². The molecule has 7 nitrogen and oxygen atoms in total. The van der Waals surface area contributed by atoms with E-state index in [-0.39, 0.29) is 30.0 Å². The maximum Gasteiger partial charge on any atom is 0.412 e. The molecule has 1 N–H and O–H groups in total. The third kappa shape index (κ3) is 7.43. The van der Waals surface area contributed by atoms with Crippen molar-refractivity contribution in [2.24, 2.45) is 0 Å². The Morgan fingerprint density at radius 1 is 0.967 bits per heavy atom. The second kappa shape index (κ2) is 10.2. The number of rotatable bonds is 7. The largest absolute Gasteiger partial charge is 0.458 e. The molecule has 0 spiro atoms. The number of carbonyl (C=O) groups is 3. The first kappa shape index (κ1) is 22.7. The number of nitrogens with one attached hydrogen (secondary N) is 1. The predicted octanol–water partition coefficient (Wildman–Crippen LogP) is 4.73. The number of benzene rings is 2. The summed E-state index contributed by atoms with van der Waals surface area (Å²) in [6, 6.07) is 13.3. The van der Waals surface area contributed by atoms with Gasteiger partial charge in [-0.1, -0.05) is 43.0 Å². The quantitative estimate of drug-likeness (QED) is 0.402. The van der Waals surface area contributed by atoms with E-state index in [9.17, 15) is 14.4 Å². The van der Waals surface area contributed by atoms with E-state index in [4.69, 9.17) is 14.2 Å². The second-order valence-electron chi connectivity index (χ2n) is 7.37. The van der Waals surface area contributed by atoms with Crippen molar-refractivity contribution in [1.29, 1.82) is 0 Å². The third-order valence-corrected chi connectivity index (χ3v) is 3.59. The summed E-state index contributed by atoms with van der Waals surface area (Å²) in [5.74, 6) is -1.32. The molecule has 158 valence electrons. The Morgan fingerprint density at radius 3 is 2.13 bits per heavy atom. The van der Waals surface area contributed by atoms with Crippen molar-refractivity contribution in [1.82, 2.24) is 0 Å². The van der Waals surface area contributed by atoms with Crippen LogP contribution in [0, 0.1) is 0 Å². The number of hydrogen-bond donors (Lipinski definition) is 1. The first-order chi connectivity index (χ1) is 14.2. The zero-order chi connectivity index (χ0) is 22.1. The molecule has 7 heteroatoms. The van der Waals surface area contributed by atoms with Gasteiger partial charge in [0.1, 0.15) is 18.8 Å². The Bertz CT molecular complexity index is 915. The van der Waals surface area contributed by atoms with E-state index in [1.54, 1.807) is 20.8 Å². The molecule has 2 aromatic rings. The van der Waals surface area contributed by atoms with Crippen LogP contribution in [0.25, 0.3) is 0 Å². The summed E-state index contributed by atoms with van der Waals surface area (Å²) in [7, 11) is 0. The molecule has 0 fully saturated rings. The fourth-order valence-corrected chi connectivity index (χ4v) is 2.38. The van der Waals surface area contributed by atoms with Gasteiger partial charge < -0.3 is 14.2 Å². The predicted molar refractivity (Wildman–Crippen MR) is 112 cm³/mol. The minimum atomic E-state index is -0.720. The molecule has 0 saturated heterocycles. The zero-order valence-corrected chi connectivity index (χ0v) is 17.3. The van der Waals surface area contributed by atoms with Gasteiger partial charge in [-0.25, -0.2) is 14.4 Å². The highest BCUT2D eigenvalue weighted by Gasteiger charge is 2.19. The van der Waals surface area contributed by atoms with Crippen molar-refractivity contribution in [3.05, 3.63) is 77.9 Å². The molecule has 1 amide bonds. The van der Waals surface area contributed by atoms with E-state index in [2.05, 4.69) is 11.9 Å². The summed E-state index contributed by atoms with van der Waals surface area (Å²) in [6.45, 7) is 8.74. The average Bonchev–Trinajstić information content (AvgIpc) is 2.69. The summed E-state index contributed by atoms with van der Waals surface area (Å²) in [4.78, 5) is 36.9. The number of amides is 1. The molecule has 0 aliphatic carbocycles. The summed E-state index contributed by atoms with van der Waals surface area (Å²) < 4.78 is 15.6. The summed E-state index contributed by atoms with van der Waals surface area (Å²) in [5, 5.41) is 2.52. The Labute approximate surface area is 175 Å². The number of ether oxygens (including phenoxy) is 3. The lowest BCUT2D eigenvalue weighted by atomic mass is 10.1. The van der Waals surface area contributed by atoms with Crippen LogP contribution >= 0.6 is 0 Å². The summed E-state index contributed by atoms with van der Waals surface area (Å²) >= 11 is 0. The number of carbonyl (C=O) groups excluding carboxylic acids is 3. The molecule has 0 aromatic heterocycles. The van der Waals surface area contributed by atoms with Crippen LogP contribution in [0.1, 0.15) is 47.1 Å². The Balaban J connectivity index is 2.23.